The minimum Gasteiger partial charge on any atom is -0.321 e. The summed E-state index contributed by atoms with van der Waals surface area (Å²) in [5, 5.41) is 0. The molecule has 0 saturated carbocycles. The van der Waals surface area contributed by atoms with Crippen molar-refractivity contribution in [3.8, 4) is 0 Å². The Bertz CT molecular complexity index is 893. The van der Waals surface area contributed by atoms with E-state index in [4.69, 9.17) is 0 Å². The fourth-order valence-corrected chi connectivity index (χ4v) is 8.70. The van der Waals surface area contributed by atoms with Crippen LogP contribution in [-0.2, 0) is 46.4 Å². The Morgan fingerprint density at radius 3 is 1.62 bits per heavy atom. The van der Waals surface area contributed by atoms with Crippen molar-refractivity contribution in [3.63, 3.8) is 0 Å². The first-order chi connectivity index (χ1) is 10.6. The maximum Gasteiger partial charge on any atom is 0.455 e. The van der Waals surface area contributed by atoms with Gasteiger partial charge in [0.25, 0.3) is 0 Å². The lowest BCUT2D eigenvalue weighted by Crippen LogP contribution is -2.47. The maximum atomic E-state index is 13.2. The monoisotopic (exact) mass is 432 g/mol. The molecule has 0 amide bonds. The number of rotatable bonds is 7. The van der Waals surface area contributed by atoms with Crippen LogP contribution in [0.4, 0.5) is 11.7 Å². The first-order valence-corrected chi connectivity index (χ1v) is 11.1. The Morgan fingerprint density at radius 1 is 0.917 bits per heavy atom. The van der Waals surface area contributed by atoms with Crippen LogP contribution in [0, 0.1) is 0 Å². The van der Waals surface area contributed by atoms with Crippen LogP contribution < -0.4 is 0 Å². The molecule has 0 heterocycles. The van der Waals surface area contributed by atoms with Gasteiger partial charge in [-0.1, -0.05) is 30.3 Å². The molecule has 138 valence electrons. The van der Waals surface area contributed by atoms with Crippen LogP contribution in [-0.4, -0.2) is 33.3 Å². The summed E-state index contributed by atoms with van der Waals surface area (Å²) in [6, 6.07) is 6.48. The molecular formula is C8H8F3O9PS3. The highest BCUT2D eigenvalue weighted by atomic mass is 32.4. The third-order valence-electron chi connectivity index (χ3n) is 2.52. The number of hydrogen-bond acceptors (Lipinski definition) is 8. The third-order valence-corrected chi connectivity index (χ3v) is 13.2. The van der Waals surface area contributed by atoms with Gasteiger partial charge in [0.05, 0.1) is 6.61 Å². The van der Waals surface area contributed by atoms with Crippen molar-refractivity contribution in [1.82, 2.24) is 0 Å². The molecule has 0 spiro atoms. The van der Waals surface area contributed by atoms with Crippen molar-refractivity contribution in [1.29, 1.82) is 0 Å². The number of hydrogen-bond donors (Lipinski definition) is 1. The summed E-state index contributed by atoms with van der Waals surface area (Å²) in [5.41, 5.74) is -0.0514. The van der Waals surface area contributed by atoms with Gasteiger partial charge in [0.2, 0.25) is 0 Å². The van der Waals surface area contributed by atoms with Crippen molar-refractivity contribution in [3.05, 3.63) is 35.9 Å². The molecule has 1 aromatic carbocycles. The van der Waals surface area contributed by atoms with E-state index in [0.29, 0.717) is 0 Å². The van der Waals surface area contributed by atoms with Crippen molar-refractivity contribution in [2.24, 2.45) is 0 Å². The fraction of sp³-hybridized carbons (Fsp3) is 0.250. The van der Waals surface area contributed by atoms with Gasteiger partial charge in [-0.3, -0.25) is 4.57 Å². The van der Waals surface area contributed by atoms with Crippen LogP contribution in [0.3, 0.4) is 0 Å². The van der Waals surface area contributed by atoms with Gasteiger partial charge in [-0.05, 0) is 5.56 Å². The molecule has 1 unspecified atom stereocenters. The van der Waals surface area contributed by atoms with Crippen molar-refractivity contribution >= 4 is 38.3 Å². The standard InChI is InChI=1S/C8H8F3O9PS3/c9-22(14,15)8(23(10,16)17,24(11,18)19)21(12,13)20-6-7-4-2-1-3-5-7/h1-5H,6H2,(H,12,13). The molecular weight excluding hydrogens is 424 g/mol. The summed E-state index contributed by atoms with van der Waals surface area (Å²) in [6.45, 7) is -1.16. The van der Waals surface area contributed by atoms with E-state index < -0.39 is 48.0 Å². The van der Waals surface area contributed by atoms with Crippen LogP contribution >= 0.6 is 7.60 Å². The lowest BCUT2D eigenvalue weighted by Gasteiger charge is -2.25. The molecule has 0 aliphatic carbocycles. The largest absolute Gasteiger partial charge is 0.455 e. The molecule has 9 nitrogen and oxygen atoms in total. The van der Waals surface area contributed by atoms with Crippen molar-refractivity contribution in [2.45, 2.75) is 9.76 Å². The zero-order valence-electron chi connectivity index (χ0n) is 11.1. The molecule has 0 saturated heterocycles. The molecule has 0 radical (unpaired) electrons. The van der Waals surface area contributed by atoms with Crippen LogP contribution in [0.25, 0.3) is 0 Å². The lowest BCUT2D eigenvalue weighted by atomic mass is 10.2. The van der Waals surface area contributed by atoms with E-state index in [1.54, 1.807) is 0 Å². The molecule has 1 atom stereocenters. The average Bonchev–Trinajstić information content (AvgIpc) is 2.32. The van der Waals surface area contributed by atoms with E-state index in [9.17, 15) is 46.4 Å². The number of benzene rings is 1. The first kappa shape index (κ1) is 21.1. The lowest BCUT2D eigenvalue weighted by molar-refractivity contribution is 0.248. The molecule has 16 heteroatoms. The fourth-order valence-electron chi connectivity index (χ4n) is 1.59. The van der Waals surface area contributed by atoms with E-state index in [1.807, 2.05) is 0 Å². The average molecular weight is 432 g/mol. The Morgan fingerprint density at radius 2 is 1.29 bits per heavy atom. The molecule has 0 aliphatic rings. The zero-order chi connectivity index (χ0) is 19.0. The molecule has 0 aliphatic heterocycles. The quantitative estimate of drug-likeness (QED) is 0.490. The second-order valence-corrected chi connectivity index (χ2v) is 12.2. The molecule has 0 fully saturated rings. The second kappa shape index (κ2) is 6.38. The Balaban J connectivity index is 3.64. The van der Waals surface area contributed by atoms with Crippen LogP contribution in [0.2, 0.25) is 0 Å². The van der Waals surface area contributed by atoms with Gasteiger partial charge in [-0.15, -0.1) is 11.7 Å². The normalized spacial score (nSPS) is 16.5. The van der Waals surface area contributed by atoms with Gasteiger partial charge in [0.1, 0.15) is 0 Å². The first-order valence-electron chi connectivity index (χ1n) is 5.42. The van der Waals surface area contributed by atoms with Crippen LogP contribution in [0.15, 0.2) is 30.3 Å². The smallest absolute Gasteiger partial charge is 0.321 e. The predicted molar refractivity (Wildman–Crippen MR) is 73.9 cm³/mol. The summed E-state index contributed by atoms with van der Waals surface area (Å²) < 4.78 is 115. The topological polar surface area (TPSA) is 149 Å². The minimum atomic E-state index is -7.37. The van der Waals surface area contributed by atoms with Gasteiger partial charge in [0.15, 0.2) is 0 Å². The highest BCUT2D eigenvalue weighted by molar-refractivity contribution is 8.30. The number of halogens is 3. The van der Waals surface area contributed by atoms with E-state index in [1.165, 1.54) is 30.3 Å². The Hall–Kier alpha value is -0.990. The van der Waals surface area contributed by atoms with Gasteiger partial charge < -0.3 is 9.42 Å². The Kier molecular flexibility index (Phi) is 5.60. The molecule has 1 N–H and O–H groups in total. The molecule has 1 aromatic rings. The summed E-state index contributed by atoms with van der Waals surface area (Å²) >= 11 is 0. The van der Waals surface area contributed by atoms with E-state index >= 15 is 0 Å². The molecule has 0 bridgehead atoms. The van der Waals surface area contributed by atoms with Gasteiger partial charge in [-0.2, -0.15) is 25.3 Å². The second-order valence-electron chi connectivity index (χ2n) is 4.12. The maximum absolute atomic E-state index is 13.2. The summed E-state index contributed by atoms with van der Waals surface area (Å²) in [7, 11) is -29.0. The molecule has 0 aromatic heterocycles. The minimum absolute atomic E-state index is 0.0514. The van der Waals surface area contributed by atoms with E-state index in [0.717, 1.165) is 0 Å². The summed E-state index contributed by atoms with van der Waals surface area (Å²) in [6.07, 6.45) is 0. The van der Waals surface area contributed by atoms with E-state index in [2.05, 4.69) is 4.52 Å². The van der Waals surface area contributed by atoms with Gasteiger partial charge in [0, 0.05) is 0 Å². The van der Waals surface area contributed by atoms with Crippen LogP contribution in [0.1, 0.15) is 5.56 Å². The van der Waals surface area contributed by atoms with Crippen molar-refractivity contribution in [2.75, 3.05) is 0 Å². The van der Waals surface area contributed by atoms with Gasteiger partial charge in [-0.25, -0.2) is 0 Å². The van der Waals surface area contributed by atoms with Crippen LogP contribution in [0.5, 0.6) is 0 Å². The SMILES string of the molecule is O=P(O)(OCc1ccccc1)C(S(=O)(=O)F)(S(=O)(=O)F)S(=O)(=O)F. The van der Waals surface area contributed by atoms with Crippen molar-refractivity contribution < 1.29 is 50.9 Å². The summed E-state index contributed by atoms with van der Waals surface area (Å²) in [4.78, 5) is 9.37. The van der Waals surface area contributed by atoms with Gasteiger partial charge >= 0.3 is 41.4 Å². The Labute approximate surface area is 135 Å². The zero-order valence-corrected chi connectivity index (χ0v) is 14.5. The summed E-state index contributed by atoms with van der Waals surface area (Å²) in [5.74, 6) is 0. The highest BCUT2D eigenvalue weighted by Crippen LogP contribution is 2.65. The predicted octanol–water partition coefficient (Wildman–Crippen LogP) is 0.898. The highest BCUT2D eigenvalue weighted by Gasteiger charge is 2.81. The third kappa shape index (κ3) is 3.50. The molecule has 1 rings (SSSR count). The molecule has 24 heavy (non-hydrogen) atoms. The van der Waals surface area contributed by atoms with E-state index in [-0.39, 0.29) is 5.56 Å².